The number of hydrogen-bond acceptors (Lipinski definition) is 4. The lowest BCUT2D eigenvalue weighted by molar-refractivity contribution is -0.139. The molecule has 0 unspecified atom stereocenters. The SMILES string of the molecule is CCOc1cc(C(=O)N(C)C(C2CC2)C2CC2)ccc1OCC(=O)O. The molecule has 1 aromatic carbocycles. The number of carboxylic acids is 1. The normalized spacial score (nSPS) is 16.6. The van der Waals surface area contributed by atoms with E-state index in [2.05, 4.69) is 0 Å². The van der Waals surface area contributed by atoms with Gasteiger partial charge in [-0.1, -0.05) is 0 Å². The smallest absolute Gasteiger partial charge is 0.341 e. The highest BCUT2D eigenvalue weighted by molar-refractivity contribution is 5.95. The summed E-state index contributed by atoms with van der Waals surface area (Å²) >= 11 is 0. The van der Waals surface area contributed by atoms with E-state index in [1.807, 2.05) is 18.9 Å². The van der Waals surface area contributed by atoms with E-state index in [1.54, 1.807) is 18.2 Å². The highest BCUT2D eigenvalue weighted by Crippen LogP contribution is 2.47. The Bertz CT molecular complexity index is 639. The number of benzene rings is 1. The van der Waals surface area contributed by atoms with Crippen molar-refractivity contribution in [3.8, 4) is 11.5 Å². The molecule has 6 heteroatoms. The Balaban J connectivity index is 1.76. The summed E-state index contributed by atoms with van der Waals surface area (Å²) in [5.74, 6) is 0.951. The molecule has 2 aliphatic carbocycles. The molecule has 2 saturated carbocycles. The second kappa shape index (κ2) is 7.33. The molecule has 2 fully saturated rings. The zero-order valence-electron chi connectivity index (χ0n) is 14.7. The van der Waals surface area contributed by atoms with Crippen LogP contribution in [-0.4, -0.2) is 48.2 Å². The zero-order valence-corrected chi connectivity index (χ0v) is 14.7. The van der Waals surface area contributed by atoms with E-state index in [0.717, 1.165) is 0 Å². The summed E-state index contributed by atoms with van der Waals surface area (Å²) in [4.78, 5) is 25.5. The molecule has 6 nitrogen and oxygen atoms in total. The van der Waals surface area contributed by atoms with Crippen molar-refractivity contribution in [1.29, 1.82) is 0 Å². The maximum absolute atomic E-state index is 12.9. The Hall–Kier alpha value is -2.24. The van der Waals surface area contributed by atoms with E-state index in [4.69, 9.17) is 14.6 Å². The first kappa shape index (κ1) is 17.6. The van der Waals surface area contributed by atoms with Gasteiger partial charge in [0.2, 0.25) is 0 Å². The second-order valence-electron chi connectivity index (χ2n) is 6.86. The topological polar surface area (TPSA) is 76.1 Å². The van der Waals surface area contributed by atoms with Crippen molar-refractivity contribution in [2.45, 2.75) is 38.6 Å². The number of ether oxygens (including phenoxy) is 2. The lowest BCUT2D eigenvalue weighted by atomic mass is 10.0. The number of hydrogen-bond donors (Lipinski definition) is 1. The molecular weight excluding hydrogens is 322 g/mol. The highest BCUT2D eigenvalue weighted by atomic mass is 16.5. The molecule has 0 aliphatic heterocycles. The fraction of sp³-hybridized carbons (Fsp3) is 0.579. The van der Waals surface area contributed by atoms with Crippen LogP contribution in [0.4, 0.5) is 0 Å². The Labute approximate surface area is 147 Å². The number of aliphatic carboxylic acids is 1. The van der Waals surface area contributed by atoms with Crippen molar-refractivity contribution < 1.29 is 24.2 Å². The molecule has 0 spiro atoms. The van der Waals surface area contributed by atoms with Crippen LogP contribution in [0.15, 0.2) is 18.2 Å². The van der Waals surface area contributed by atoms with Crippen LogP contribution in [0.3, 0.4) is 0 Å². The van der Waals surface area contributed by atoms with Crippen LogP contribution >= 0.6 is 0 Å². The summed E-state index contributed by atoms with van der Waals surface area (Å²) in [6.45, 7) is 1.79. The molecule has 0 saturated heterocycles. The first-order valence-electron chi connectivity index (χ1n) is 8.89. The van der Waals surface area contributed by atoms with E-state index in [9.17, 15) is 9.59 Å². The first-order chi connectivity index (χ1) is 12.0. The standard InChI is InChI=1S/C19H25NO5/c1-3-24-16-10-14(8-9-15(16)25-11-17(21)22)19(23)20(2)18(12-4-5-12)13-6-7-13/h8-10,12-13,18H,3-7,11H2,1-2H3,(H,21,22). The van der Waals surface area contributed by atoms with Gasteiger partial charge in [-0.15, -0.1) is 0 Å². The maximum atomic E-state index is 12.9. The monoisotopic (exact) mass is 347 g/mol. The van der Waals surface area contributed by atoms with Crippen LogP contribution in [0.1, 0.15) is 43.0 Å². The summed E-state index contributed by atoms with van der Waals surface area (Å²) in [5, 5.41) is 8.76. The summed E-state index contributed by atoms with van der Waals surface area (Å²) in [6, 6.07) is 5.27. The predicted molar refractivity (Wildman–Crippen MR) is 92.1 cm³/mol. The highest BCUT2D eigenvalue weighted by Gasteiger charge is 2.45. The molecule has 1 amide bonds. The Morgan fingerprint density at radius 3 is 2.32 bits per heavy atom. The van der Waals surface area contributed by atoms with Gasteiger partial charge in [0, 0.05) is 18.7 Å². The molecule has 0 bridgehead atoms. The maximum Gasteiger partial charge on any atom is 0.341 e. The molecule has 2 aliphatic rings. The number of carbonyl (C=O) groups excluding carboxylic acids is 1. The lowest BCUT2D eigenvalue weighted by Crippen LogP contribution is -2.40. The van der Waals surface area contributed by atoms with Gasteiger partial charge >= 0.3 is 5.97 Å². The largest absolute Gasteiger partial charge is 0.490 e. The van der Waals surface area contributed by atoms with Crippen molar-refractivity contribution in [2.24, 2.45) is 11.8 Å². The van der Waals surface area contributed by atoms with Crippen LogP contribution in [0.25, 0.3) is 0 Å². The van der Waals surface area contributed by atoms with Gasteiger partial charge in [-0.05, 0) is 62.6 Å². The lowest BCUT2D eigenvalue weighted by Gasteiger charge is -2.28. The Morgan fingerprint density at radius 2 is 1.80 bits per heavy atom. The van der Waals surface area contributed by atoms with E-state index >= 15 is 0 Å². The van der Waals surface area contributed by atoms with Crippen molar-refractivity contribution in [1.82, 2.24) is 4.90 Å². The molecule has 0 heterocycles. The Kier molecular flexibility index (Phi) is 5.16. The minimum absolute atomic E-state index is 0.0189. The van der Waals surface area contributed by atoms with Gasteiger partial charge in [0.15, 0.2) is 18.1 Å². The molecule has 0 aromatic heterocycles. The molecule has 3 rings (SSSR count). The zero-order chi connectivity index (χ0) is 18.0. The van der Waals surface area contributed by atoms with Gasteiger partial charge in [-0.25, -0.2) is 4.79 Å². The van der Waals surface area contributed by atoms with E-state index in [1.165, 1.54) is 25.7 Å². The third kappa shape index (κ3) is 4.24. The number of carboxylic acid groups (broad SMARTS) is 1. The van der Waals surface area contributed by atoms with Gasteiger partial charge in [0.25, 0.3) is 5.91 Å². The third-order valence-electron chi connectivity index (χ3n) is 4.82. The predicted octanol–water partition coefficient (Wildman–Crippen LogP) is 2.81. The van der Waals surface area contributed by atoms with Gasteiger partial charge in [0.1, 0.15) is 0 Å². The minimum atomic E-state index is -1.06. The summed E-state index contributed by atoms with van der Waals surface area (Å²) < 4.78 is 10.8. The molecular formula is C19H25NO5. The van der Waals surface area contributed by atoms with E-state index < -0.39 is 12.6 Å². The number of nitrogens with zero attached hydrogens (tertiary/aromatic N) is 1. The van der Waals surface area contributed by atoms with Crippen molar-refractivity contribution in [2.75, 3.05) is 20.3 Å². The van der Waals surface area contributed by atoms with Crippen LogP contribution in [0.2, 0.25) is 0 Å². The van der Waals surface area contributed by atoms with Crippen LogP contribution in [-0.2, 0) is 4.79 Å². The van der Waals surface area contributed by atoms with Gasteiger partial charge in [-0.3, -0.25) is 4.79 Å². The third-order valence-corrected chi connectivity index (χ3v) is 4.82. The van der Waals surface area contributed by atoms with Crippen molar-refractivity contribution in [3.63, 3.8) is 0 Å². The minimum Gasteiger partial charge on any atom is -0.490 e. The molecule has 136 valence electrons. The van der Waals surface area contributed by atoms with E-state index in [0.29, 0.717) is 41.5 Å². The van der Waals surface area contributed by atoms with Crippen molar-refractivity contribution in [3.05, 3.63) is 23.8 Å². The van der Waals surface area contributed by atoms with Crippen LogP contribution in [0.5, 0.6) is 11.5 Å². The Morgan fingerprint density at radius 1 is 1.16 bits per heavy atom. The summed E-state index contributed by atoms with van der Waals surface area (Å²) in [7, 11) is 1.89. The molecule has 0 atom stereocenters. The van der Waals surface area contributed by atoms with Crippen LogP contribution < -0.4 is 9.47 Å². The fourth-order valence-electron chi connectivity index (χ4n) is 3.40. The van der Waals surface area contributed by atoms with Crippen LogP contribution in [0, 0.1) is 11.8 Å². The number of rotatable bonds is 9. The van der Waals surface area contributed by atoms with Gasteiger partial charge in [-0.2, -0.15) is 0 Å². The average Bonchev–Trinajstić information content (AvgIpc) is 3.48. The summed E-state index contributed by atoms with van der Waals surface area (Å²) in [6.07, 6.45) is 4.85. The number of amides is 1. The van der Waals surface area contributed by atoms with Gasteiger partial charge in [0.05, 0.1) is 6.61 Å². The number of carbonyl (C=O) groups is 2. The molecule has 0 radical (unpaired) electrons. The molecule has 1 N–H and O–H groups in total. The van der Waals surface area contributed by atoms with E-state index in [-0.39, 0.29) is 5.91 Å². The first-order valence-corrected chi connectivity index (χ1v) is 8.89. The fourth-order valence-corrected chi connectivity index (χ4v) is 3.40. The molecule has 25 heavy (non-hydrogen) atoms. The summed E-state index contributed by atoms with van der Waals surface area (Å²) in [5.41, 5.74) is 0.542. The molecule has 1 aromatic rings. The van der Waals surface area contributed by atoms with Crippen molar-refractivity contribution >= 4 is 11.9 Å². The average molecular weight is 347 g/mol. The second-order valence-corrected chi connectivity index (χ2v) is 6.86. The quantitative estimate of drug-likeness (QED) is 0.743. The van der Waals surface area contributed by atoms with Gasteiger partial charge < -0.3 is 19.5 Å².